The van der Waals surface area contributed by atoms with E-state index in [1.54, 1.807) is 0 Å². The van der Waals surface area contributed by atoms with E-state index in [9.17, 15) is 4.79 Å². The largest absolute Gasteiger partial charge is 0.381 e. The van der Waals surface area contributed by atoms with E-state index >= 15 is 0 Å². The molecule has 2 aliphatic rings. The Morgan fingerprint density at radius 1 is 1.21 bits per heavy atom. The molecule has 0 bridgehead atoms. The first-order valence-corrected chi connectivity index (χ1v) is 5.96. The maximum Gasteiger partial charge on any atom is 0.135 e. The van der Waals surface area contributed by atoms with Gasteiger partial charge in [0.1, 0.15) is 5.78 Å². The Labute approximate surface area is 86.0 Å². The fourth-order valence-electron chi connectivity index (χ4n) is 2.65. The molecule has 1 heterocycles. The third-order valence-electron chi connectivity index (χ3n) is 3.57. The number of carbonyl (C=O) groups is 1. The average molecular weight is 196 g/mol. The standard InChI is InChI=1S/C12H20O2/c13-12-5-3-1-2-4-11(12)8-10-6-7-14-9-10/h10-11H,1-9H2. The van der Waals surface area contributed by atoms with Gasteiger partial charge in [0.15, 0.2) is 0 Å². The van der Waals surface area contributed by atoms with Gasteiger partial charge in [-0.25, -0.2) is 0 Å². The van der Waals surface area contributed by atoms with Gasteiger partial charge >= 0.3 is 0 Å². The third-order valence-corrected chi connectivity index (χ3v) is 3.57. The van der Waals surface area contributed by atoms with E-state index < -0.39 is 0 Å². The quantitative estimate of drug-likeness (QED) is 0.634. The Hall–Kier alpha value is -0.370. The molecule has 0 aromatic carbocycles. The number of Topliss-reactive ketones (excluding diaryl/α,β-unsaturated/α-hetero) is 1. The Kier molecular flexibility index (Phi) is 3.57. The van der Waals surface area contributed by atoms with Crippen LogP contribution in [-0.2, 0) is 9.53 Å². The molecule has 2 heteroatoms. The van der Waals surface area contributed by atoms with Crippen molar-refractivity contribution in [3.8, 4) is 0 Å². The predicted molar refractivity (Wildman–Crippen MR) is 55.1 cm³/mol. The van der Waals surface area contributed by atoms with Crippen LogP contribution in [0.25, 0.3) is 0 Å². The lowest BCUT2D eigenvalue weighted by molar-refractivity contribution is -0.123. The van der Waals surface area contributed by atoms with E-state index in [1.807, 2.05) is 0 Å². The van der Waals surface area contributed by atoms with Crippen molar-refractivity contribution in [3.63, 3.8) is 0 Å². The number of rotatable bonds is 2. The highest BCUT2D eigenvalue weighted by molar-refractivity contribution is 5.81. The molecule has 80 valence electrons. The monoisotopic (exact) mass is 196 g/mol. The van der Waals surface area contributed by atoms with Gasteiger partial charge in [-0.3, -0.25) is 4.79 Å². The lowest BCUT2D eigenvalue weighted by Gasteiger charge is -2.16. The zero-order valence-electron chi connectivity index (χ0n) is 8.84. The summed E-state index contributed by atoms with van der Waals surface area (Å²) in [7, 11) is 0. The van der Waals surface area contributed by atoms with Crippen LogP contribution in [0, 0.1) is 11.8 Å². The molecule has 0 N–H and O–H groups in total. The van der Waals surface area contributed by atoms with Crippen LogP contribution in [0.15, 0.2) is 0 Å². The second-order valence-corrected chi connectivity index (χ2v) is 4.73. The summed E-state index contributed by atoms with van der Waals surface area (Å²) in [5.74, 6) is 1.56. The molecule has 1 saturated carbocycles. The zero-order chi connectivity index (χ0) is 9.80. The Balaban J connectivity index is 1.84. The fourth-order valence-corrected chi connectivity index (χ4v) is 2.65. The first-order valence-electron chi connectivity index (χ1n) is 5.96. The van der Waals surface area contributed by atoms with Crippen LogP contribution in [-0.4, -0.2) is 19.0 Å². The maximum absolute atomic E-state index is 11.8. The van der Waals surface area contributed by atoms with Crippen molar-refractivity contribution in [1.82, 2.24) is 0 Å². The summed E-state index contributed by atoms with van der Waals surface area (Å²) in [5.41, 5.74) is 0. The van der Waals surface area contributed by atoms with E-state index in [1.165, 1.54) is 19.3 Å². The van der Waals surface area contributed by atoms with Gasteiger partial charge in [0.2, 0.25) is 0 Å². The van der Waals surface area contributed by atoms with Gasteiger partial charge in [-0.1, -0.05) is 12.8 Å². The van der Waals surface area contributed by atoms with Crippen molar-refractivity contribution in [2.24, 2.45) is 11.8 Å². The average Bonchev–Trinajstić information content (AvgIpc) is 2.60. The van der Waals surface area contributed by atoms with Gasteiger partial charge in [-0.05, 0) is 31.6 Å². The molecule has 1 aliphatic carbocycles. The highest BCUT2D eigenvalue weighted by atomic mass is 16.5. The molecular formula is C12H20O2. The molecule has 1 aliphatic heterocycles. The second-order valence-electron chi connectivity index (χ2n) is 4.73. The Bertz CT molecular complexity index is 194. The van der Waals surface area contributed by atoms with Crippen LogP contribution < -0.4 is 0 Å². The summed E-state index contributed by atoms with van der Waals surface area (Å²) >= 11 is 0. The summed E-state index contributed by atoms with van der Waals surface area (Å²) in [6, 6.07) is 0. The number of hydrogen-bond acceptors (Lipinski definition) is 2. The molecule has 2 fully saturated rings. The SMILES string of the molecule is O=C1CCCCCC1CC1CCOC1. The fraction of sp³-hybridized carbons (Fsp3) is 0.917. The van der Waals surface area contributed by atoms with Crippen LogP contribution >= 0.6 is 0 Å². The van der Waals surface area contributed by atoms with E-state index in [0.717, 1.165) is 38.9 Å². The van der Waals surface area contributed by atoms with E-state index in [4.69, 9.17) is 4.74 Å². The highest BCUT2D eigenvalue weighted by Gasteiger charge is 2.26. The molecule has 14 heavy (non-hydrogen) atoms. The molecule has 2 nitrogen and oxygen atoms in total. The molecular weight excluding hydrogens is 176 g/mol. The molecule has 0 aromatic rings. The number of ether oxygens (including phenoxy) is 1. The maximum atomic E-state index is 11.8. The Morgan fingerprint density at radius 2 is 2.14 bits per heavy atom. The van der Waals surface area contributed by atoms with Gasteiger partial charge < -0.3 is 4.74 Å². The lowest BCUT2D eigenvalue weighted by atomic mass is 9.88. The van der Waals surface area contributed by atoms with Crippen LogP contribution in [0.1, 0.15) is 44.9 Å². The molecule has 0 radical (unpaired) electrons. The van der Waals surface area contributed by atoms with Gasteiger partial charge in [0.25, 0.3) is 0 Å². The minimum atomic E-state index is 0.365. The van der Waals surface area contributed by atoms with Crippen molar-refractivity contribution >= 4 is 5.78 Å². The summed E-state index contributed by atoms with van der Waals surface area (Å²) < 4.78 is 5.35. The smallest absolute Gasteiger partial charge is 0.135 e. The van der Waals surface area contributed by atoms with Crippen LogP contribution in [0.5, 0.6) is 0 Å². The first-order chi connectivity index (χ1) is 6.86. The minimum Gasteiger partial charge on any atom is -0.381 e. The van der Waals surface area contributed by atoms with Gasteiger partial charge in [-0.15, -0.1) is 0 Å². The van der Waals surface area contributed by atoms with Crippen molar-refractivity contribution in [3.05, 3.63) is 0 Å². The van der Waals surface area contributed by atoms with E-state index in [0.29, 0.717) is 17.6 Å². The number of carbonyl (C=O) groups excluding carboxylic acids is 1. The van der Waals surface area contributed by atoms with Crippen molar-refractivity contribution < 1.29 is 9.53 Å². The molecule has 0 spiro atoms. The highest BCUT2D eigenvalue weighted by Crippen LogP contribution is 2.28. The van der Waals surface area contributed by atoms with Gasteiger partial charge in [0, 0.05) is 25.6 Å². The molecule has 0 amide bonds. The molecule has 2 rings (SSSR count). The molecule has 2 atom stereocenters. The summed E-state index contributed by atoms with van der Waals surface area (Å²) in [6.45, 7) is 1.80. The Morgan fingerprint density at radius 3 is 2.93 bits per heavy atom. The predicted octanol–water partition coefficient (Wildman–Crippen LogP) is 2.56. The third kappa shape index (κ3) is 2.57. The van der Waals surface area contributed by atoms with Crippen LogP contribution in [0.4, 0.5) is 0 Å². The second kappa shape index (κ2) is 4.92. The van der Waals surface area contributed by atoms with Gasteiger partial charge in [0.05, 0.1) is 0 Å². The zero-order valence-corrected chi connectivity index (χ0v) is 8.84. The van der Waals surface area contributed by atoms with E-state index in [-0.39, 0.29) is 0 Å². The van der Waals surface area contributed by atoms with Crippen LogP contribution in [0.3, 0.4) is 0 Å². The van der Waals surface area contributed by atoms with Crippen molar-refractivity contribution in [2.45, 2.75) is 44.9 Å². The van der Waals surface area contributed by atoms with Crippen molar-refractivity contribution in [1.29, 1.82) is 0 Å². The van der Waals surface area contributed by atoms with Gasteiger partial charge in [-0.2, -0.15) is 0 Å². The molecule has 0 aromatic heterocycles. The summed E-state index contributed by atoms with van der Waals surface area (Å²) in [6.07, 6.45) is 7.86. The summed E-state index contributed by atoms with van der Waals surface area (Å²) in [4.78, 5) is 11.8. The molecule has 1 saturated heterocycles. The number of hydrogen-bond donors (Lipinski definition) is 0. The van der Waals surface area contributed by atoms with Crippen LogP contribution in [0.2, 0.25) is 0 Å². The normalized spacial score (nSPS) is 34.4. The topological polar surface area (TPSA) is 26.3 Å². The molecule has 2 unspecified atom stereocenters. The van der Waals surface area contributed by atoms with Crippen molar-refractivity contribution in [2.75, 3.05) is 13.2 Å². The minimum absolute atomic E-state index is 0.365. The lowest BCUT2D eigenvalue weighted by Crippen LogP contribution is -2.17. The van der Waals surface area contributed by atoms with E-state index in [2.05, 4.69) is 0 Å². The number of ketones is 1. The first kappa shape index (κ1) is 10.2. The summed E-state index contributed by atoms with van der Waals surface area (Å²) in [5, 5.41) is 0.